The van der Waals surface area contributed by atoms with E-state index in [2.05, 4.69) is 50.9 Å². The molecule has 26 heavy (non-hydrogen) atoms. The fraction of sp³-hybridized carbons (Fsp3) is 0.650. The lowest BCUT2D eigenvalue weighted by atomic mass is 10.1. The van der Waals surface area contributed by atoms with E-state index in [0.29, 0.717) is 19.3 Å². The van der Waals surface area contributed by atoms with Crippen LogP contribution in [0.2, 0.25) is 0 Å². The van der Waals surface area contributed by atoms with Crippen molar-refractivity contribution in [2.75, 3.05) is 60.2 Å². The molecule has 0 bridgehead atoms. The molecular formula is C20H34N4O2. The lowest BCUT2D eigenvalue weighted by Gasteiger charge is -2.29. The summed E-state index contributed by atoms with van der Waals surface area (Å²) in [6, 6.07) is 11.1. The molecule has 2 N–H and O–H groups in total. The second-order valence-electron chi connectivity index (χ2n) is 6.51. The third kappa shape index (κ3) is 7.32. The summed E-state index contributed by atoms with van der Waals surface area (Å²) in [6.45, 7) is 6.07. The Bertz CT molecular complexity index is 504. The van der Waals surface area contributed by atoms with Gasteiger partial charge in [-0.1, -0.05) is 30.3 Å². The molecule has 1 aromatic carbocycles. The second-order valence-corrected chi connectivity index (χ2v) is 6.51. The molecule has 146 valence electrons. The molecule has 6 nitrogen and oxygen atoms in total. The Kier molecular flexibility index (Phi) is 10.1. The van der Waals surface area contributed by atoms with Crippen LogP contribution in [0.1, 0.15) is 30.9 Å². The van der Waals surface area contributed by atoms with Crippen LogP contribution in [-0.4, -0.2) is 71.0 Å². The summed E-state index contributed by atoms with van der Waals surface area (Å²) in [5, 5.41) is 6.86. The van der Waals surface area contributed by atoms with E-state index in [1.165, 1.54) is 31.5 Å². The van der Waals surface area contributed by atoms with Crippen molar-refractivity contribution < 1.29 is 9.47 Å². The van der Waals surface area contributed by atoms with Gasteiger partial charge in [0.1, 0.15) is 0 Å². The number of benzene rings is 1. The molecule has 1 aliphatic heterocycles. The summed E-state index contributed by atoms with van der Waals surface area (Å²) < 4.78 is 10.4. The van der Waals surface area contributed by atoms with Crippen LogP contribution < -0.4 is 10.6 Å². The SMILES string of the molecule is CN=C(NCCCOCCOC)NCC(c1ccccc1)N1CCCC1. The van der Waals surface area contributed by atoms with Crippen LogP contribution in [0.5, 0.6) is 0 Å². The van der Waals surface area contributed by atoms with Crippen LogP contribution in [0.4, 0.5) is 0 Å². The highest BCUT2D eigenvalue weighted by molar-refractivity contribution is 5.79. The maximum Gasteiger partial charge on any atom is 0.191 e. The summed E-state index contributed by atoms with van der Waals surface area (Å²) in [5.41, 5.74) is 1.36. The van der Waals surface area contributed by atoms with Crippen LogP contribution in [0.3, 0.4) is 0 Å². The summed E-state index contributed by atoms with van der Waals surface area (Å²) in [6.07, 6.45) is 3.53. The van der Waals surface area contributed by atoms with Crippen LogP contribution in [0.25, 0.3) is 0 Å². The molecule has 1 aromatic rings. The van der Waals surface area contributed by atoms with Gasteiger partial charge in [0.25, 0.3) is 0 Å². The minimum atomic E-state index is 0.384. The fourth-order valence-corrected chi connectivity index (χ4v) is 3.23. The Balaban J connectivity index is 1.75. The van der Waals surface area contributed by atoms with E-state index in [-0.39, 0.29) is 0 Å². The van der Waals surface area contributed by atoms with E-state index in [4.69, 9.17) is 9.47 Å². The third-order valence-corrected chi connectivity index (χ3v) is 4.64. The molecule has 0 aromatic heterocycles. The topological polar surface area (TPSA) is 58.1 Å². The molecule has 1 fully saturated rings. The largest absolute Gasteiger partial charge is 0.382 e. The Morgan fingerprint density at radius 2 is 1.88 bits per heavy atom. The molecular weight excluding hydrogens is 328 g/mol. The number of methoxy groups -OCH3 is 1. The number of likely N-dealkylation sites (tertiary alicyclic amines) is 1. The van der Waals surface area contributed by atoms with E-state index < -0.39 is 0 Å². The Morgan fingerprint density at radius 1 is 1.12 bits per heavy atom. The highest BCUT2D eigenvalue weighted by atomic mass is 16.5. The van der Waals surface area contributed by atoms with Gasteiger partial charge in [-0.25, -0.2) is 0 Å². The van der Waals surface area contributed by atoms with Gasteiger partial charge in [0, 0.05) is 33.9 Å². The van der Waals surface area contributed by atoms with Gasteiger partial charge in [0.15, 0.2) is 5.96 Å². The average Bonchev–Trinajstić information content (AvgIpc) is 3.21. The van der Waals surface area contributed by atoms with Crippen molar-refractivity contribution in [1.82, 2.24) is 15.5 Å². The Hall–Kier alpha value is -1.63. The van der Waals surface area contributed by atoms with Gasteiger partial charge < -0.3 is 20.1 Å². The molecule has 1 saturated heterocycles. The molecule has 6 heteroatoms. The van der Waals surface area contributed by atoms with Gasteiger partial charge in [-0.3, -0.25) is 9.89 Å². The summed E-state index contributed by atoms with van der Waals surface area (Å²) >= 11 is 0. The van der Waals surface area contributed by atoms with E-state index >= 15 is 0 Å². The van der Waals surface area contributed by atoms with Crippen LogP contribution in [0, 0.1) is 0 Å². The molecule has 0 radical (unpaired) electrons. The molecule has 0 saturated carbocycles. The van der Waals surface area contributed by atoms with Crippen molar-refractivity contribution in [2.24, 2.45) is 4.99 Å². The van der Waals surface area contributed by atoms with Gasteiger partial charge in [0.2, 0.25) is 0 Å². The van der Waals surface area contributed by atoms with Crippen LogP contribution in [-0.2, 0) is 9.47 Å². The second kappa shape index (κ2) is 12.7. The van der Waals surface area contributed by atoms with Crippen molar-refractivity contribution in [3.05, 3.63) is 35.9 Å². The number of ether oxygens (including phenoxy) is 2. The predicted octanol–water partition coefficient (Wildman–Crippen LogP) is 2.04. The van der Waals surface area contributed by atoms with Crippen molar-refractivity contribution in [2.45, 2.75) is 25.3 Å². The fourth-order valence-electron chi connectivity index (χ4n) is 3.23. The quantitative estimate of drug-likeness (QED) is 0.358. The normalized spacial score (nSPS) is 16.6. The first-order chi connectivity index (χ1) is 12.8. The molecule has 1 atom stereocenters. The lowest BCUT2D eigenvalue weighted by Crippen LogP contribution is -2.43. The average molecular weight is 363 g/mol. The summed E-state index contributed by atoms with van der Waals surface area (Å²) in [7, 11) is 3.50. The zero-order chi connectivity index (χ0) is 18.5. The highest BCUT2D eigenvalue weighted by Crippen LogP contribution is 2.24. The summed E-state index contributed by atoms with van der Waals surface area (Å²) in [5.74, 6) is 0.849. The number of aliphatic imine (C=N–C) groups is 1. The van der Waals surface area contributed by atoms with Crippen molar-refractivity contribution >= 4 is 5.96 Å². The number of guanidine groups is 1. The van der Waals surface area contributed by atoms with Crippen molar-refractivity contribution in [3.63, 3.8) is 0 Å². The molecule has 0 amide bonds. The maximum absolute atomic E-state index is 5.48. The van der Waals surface area contributed by atoms with Gasteiger partial charge in [-0.05, 0) is 37.9 Å². The third-order valence-electron chi connectivity index (χ3n) is 4.64. The molecule has 2 rings (SSSR count). The number of hydrogen-bond acceptors (Lipinski definition) is 4. The predicted molar refractivity (Wildman–Crippen MR) is 107 cm³/mol. The monoisotopic (exact) mass is 362 g/mol. The number of nitrogens with zero attached hydrogens (tertiary/aromatic N) is 2. The maximum atomic E-state index is 5.48. The van der Waals surface area contributed by atoms with Crippen molar-refractivity contribution in [3.8, 4) is 0 Å². The van der Waals surface area contributed by atoms with E-state index in [1.54, 1.807) is 7.11 Å². The Labute approximate surface area is 158 Å². The van der Waals surface area contributed by atoms with Crippen LogP contribution in [0.15, 0.2) is 35.3 Å². The lowest BCUT2D eigenvalue weighted by molar-refractivity contribution is 0.0698. The molecule has 1 unspecified atom stereocenters. The highest BCUT2D eigenvalue weighted by Gasteiger charge is 2.23. The first-order valence-electron chi connectivity index (χ1n) is 9.65. The number of hydrogen-bond donors (Lipinski definition) is 2. The number of rotatable bonds is 11. The summed E-state index contributed by atoms with van der Waals surface area (Å²) in [4.78, 5) is 6.91. The minimum absolute atomic E-state index is 0.384. The van der Waals surface area contributed by atoms with Gasteiger partial charge in [-0.2, -0.15) is 0 Å². The first-order valence-corrected chi connectivity index (χ1v) is 9.65. The van der Waals surface area contributed by atoms with Gasteiger partial charge in [-0.15, -0.1) is 0 Å². The number of nitrogens with one attached hydrogen (secondary N) is 2. The minimum Gasteiger partial charge on any atom is -0.382 e. The molecule has 1 aliphatic rings. The van der Waals surface area contributed by atoms with Crippen LogP contribution >= 0.6 is 0 Å². The smallest absolute Gasteiger partial charge is 0.191 e. The van der Waals surface area contributed by atoms with E-state index in [1.807, 2.05) is 7.05 Å². The standard InChI is InChI=1S/C20H34N4O2/c1-21-20(22-11-8-14-26-16-15-25-2)23-17-19(24-12-6-7-13-24)18-9-4-3-5-10-18/h3-5,9-10,19H,6-8,11-17H2,1-2H3,(H2,21,22,23). The Morgan fingerprint density at radius 3 is 2.58 bits per heavy atom. The van der Waals surface area contributed by atoms with Gasteiger partial charge in [0.05, 0.1) is 19.3 Å². The van der Waals surface area contributed by atoms with Gasteiger partial charge >= 0.3 is 0 Å². The zero-order valence-corrected chi connectivity index (χ0v) is 16.2. The molecule has 1 heterocycles. The molecule has 0 aliphatic carbocycles. The molecule has 0 spiro atoms. The van der Waals surface area contributed by atoms with E-state index in [0.717, 1.165) is 32.1 Å². The zero-order valence-electron chi connectivity index (χ0n) is 16.2. The van der Waals surface area contributed by atoms with E-state index in [9.17, 15) is 0 Å². The van der Waals surface area contributed by atoms with Crippen molar-refractivity contribution in [1.29, 1.82) is 0 Å². The first kappa shape index (κ1) is 20.7.